The summed E-state index contributed by atoms with van der Waals surface area (Å²) in [4.78, 5) is 0. The first-order valence-corrected chi connectivity index (χ1v) is 4.84. The van der Waals surface area contributed by atoms with Crippen LogP contribution in [0.3, 0.4) is 0 Å². The van der Waals surface area contributed by atoms with Crippen molar-refractivity contribution in [1.82, 2.24) is 9.78 Å². The lowest BCUT2D eigenvalue weighted by atomic mass is 10.1. The van der Waals surface area contributed by atoms with Gasteiger partial charge < -0.3 is 5.11 Å². The molecular weight excluding hydrogens is 176 g/mol. The lowest BCUT2D eigenvalue weighted by molar-refractivity contribution is 0.151. The van der Waals surface area contributed by atoms with Crippen molar-refractivity contribution in [3.8, 4) is 0 Å². The largest absolute Gasteiger partial charge is 0.385 e. The molecule has 1 aromatic heterocycles. The summed E-state index contributed by atoms with van der Waals surface area (Å²) in [5, 5.41) is 15.2. The Bertz CT molecular complexity index is 497. The average Bonchev–Trinajstić information content (AvgIpc) is 2.84. The third kappa shape index (κ3) is 0.990. The van der Waals surface area contributed by atoms with Crippen LogP contribution < -0.4 is 0 Å². The summed E-state index contributed by atoms with van der Waals surface area (Å²) in [6, 6.07) is 6.06. The summed E-state index contributed by atoms with van der Waals surface area (Å²) in [6.45, 7) is 0. The molecule has 0 bridgehead atoms. The fourth-order valence-electron chi connectivity index (χ4n) is 1.86. The van der Waals surface area contributed by atoms with Gasteiger partial charge in [-0.15, -0.1) is 0 Å². The van der Waals surface area contributed by atoms with E-state index in [0.29, 0.717) is 0 Å². The van der Waals surface area contributed by atoms with E-state index in [0.717, 1.165) is 29.3 Å². The number of hydrogen-bond acceptors (Lipinski definition) is 2. The molecule has 1 heterocycles. The molecule has 0 aliphatic heterocycles. The number of hydrogen-bond donors (Lipinski definition) is 1. The minimum absolute atomic E-state index is 0.538. The maximum absolute atomic E-state index is 9.94. The Balaban J connectivity index is 2.21. The van der Waals surface area contributed by atoms with Gasteiger partial charge >= 0.3 is 0 Å². The van der Waals surface area contributed by atoms with Gasteiger partial charge in [-0.2, -0.15) is 5.10 Å². The molecular formula is C11H12N2O. The topological polar surface area (TPSA) is 38.0 Å². The number of fused-ring (bicyclic) bond motifs is 1. The van der Waals surface area contributed by atoms with E-state index in [-0.39, 0.29) is 0 Å². The number of aliphatic hydroxyl groups is 1. The predicted molar refractivity (Wildman–Crippen MR) is 53.8 cm³/mol. The Hall–Kier alpha value is -1.35. The monoisotopic (exact) mass is 188 g/mol. The highest BCUT2D eigenvalue weighted by atomic mass is 16.3. The van der Waals surface area contributed by atoms with Crippen molar-refractivity contribution in [3.63, 3.8) is 0 Å². The van der Waals surface area contributed by atoms with Crippen LogP contribution >= 0.6 is 0 Å². The van der Waals surface area contributed by atoms with Crippen LogP contribution in [0, 0.1) is 0 Å². The third-order valence-corrected chi connectivity index (χ3v) is 3.01. The van der Waals surface area contributed by atoms with Crippen LogP contribution in [0.4, 0.5) is 0 Å². The van der Waals surface area contributed by atoms with Crippen molar-refractivity contribution in [2.75, 3.05) is 0 Å². The van der Waals surface area contributed by atoms with Crippen molar-refractivity contribution < 1.29 is 5.11 Å². The van der Waals surface area contributed by atoms with Gasteiger partial charge in [0.05, 0.1) is 17.3 Å². The summed E-state index contributed by atoms with van der Waals surface area (Å²) in [5.74, 6) is 0. The maximum Gasteiger partial charge on any atom is 0.0899 e. The van der Waals surface area contributed by atoms with E-state index in [9.17, 15) is 5.11 Å². The minimum atomic E-state index is -0.538. The van der Waals surface area contributed by atoms with E-state index in [2.05, 4.69) is 5.10 Å². The molecule has 72 valence electrons. The molecule has 0 radical (unpaired) electrons. The highest BCUT2D eigenvalue weighted by Crippen LogP contribution is 2.45. The quantitative estimate of drug-likeness (QED) is 0.737. The van der Waals surface area contributed by atoms with E-state index >= 15 is 0 Å². The van der Waals surface area contributed by atoms with Gasteiger partial charge in [-0.1, -0.05) is 6.07 Å². The van der Waals surface area contributed by atoms with Crippen LogP contribution in [0.5, 0.6) is 0 Å². The van der Waals surface area contributed by atoms with Gasteiger partial charge in [0, 0.05) is 12.4 Å². The van der Waals surface area contributed by atoms with Crippen molar-refractivity contribution in [1.29, 1.82) is 0 Å². The zero-order chi connectivity index (χ0) is 9.76. The Morgan fingerprint density at radius 2 is 2.21 bits per heavy atom. The Kier molecular flexibility index (Phi) is 1.35. The van der Waals surface area contributed by atoms with Crippen LogP contribution in [0.1, 0.15) is 18.4 Å². The van der Waals surface area contributed by atoms with Crippen molar-refractivity contribution in [2.45, 2.75) is 18.4 Å². The molecule has 1 aromatic carbocycles. The van der Waals surface area contributed by atoms with E-state index in [1.54, 1.807) is 0 Å². The highest BCUT2D eigenvalue weighted by Gasteiger charge is 2.42. The number of benzene rings is 1. The predicted octanol–water partition coefficient (Wildman–Crippen LogP) is 1.55. The van der Waals surface area contributed by atoms with E-state index in [1.807, 2.05) is 36.1 Å². The molecule has 14 heavy (non-hydrogen) atoms. The molecule has 0 spiro atoms. The number of rotatable bonds is 1. The second-order valence-electron chi connectivity index (χ2n) is 4.07. The van der Waals surface area contributed by atoms with Crippen molar-refractivity contribution in [3.05, 3.63) is 30.0 Å². The van der Waals surface area contributed by atoms with Crippen LogP contribution in [0.25, 0.3) is 10.9 Å². The molecule has 1 aliphatic rings. The number of aromatic nitrogens is 2. The average molecular weight is 188 g/mol. The van der Waals surface area contributed by atoms with Gasteiger partial charge in [-0.25, -0.2) is 0 Å². The van der Waals surface area contributed by atoms with Crippen LogP contribution in [-0.4, -0.2) is 14.9 Å². The smallest absolute Gasteiger partial charge is 0.0899 e. The van der Waals surface area contributed by atoms with Gasteiger partial charge in [0.1, 0.15) is 0 Å². The van der Waals surface area contributed by atoms with Gasteiger partial charge in [-0.05, 0) is 30.5 Å². The van der Waals surface area contributed by atoms with Crippen LogP contribution in [0.2, 0.25) is 0 Å². The summed E-state index contributed by atoms with van der Waals surface area (Å²) in [6.07, 6.45) is 3.61. The summed E-state index contributed by atoms with van der Waals surface area (Å²) in [7, 11) is 1.92. The van der Waals surface area contributed by atoms with E-state index in [4.69, 9.17) is 0 Å². The summed E-state index contributed by atoms with van der Waals surface area (Å²) < 4.78 is 1.84. The Morgan fingerprint density at radius 1 is 1.43 bits per heavy atom. The normalized spacial score (nSPS) is 18.7. The summed E-state index contributed by atoms with van der Waals surface area (Å²) >= 11 is 0. The Labute approximate surface area is 82.0 Å². The SMILES string of the molecule is Cn1ncc2cc(C3(O)CC3)ccc21. The zero-order valence-corrected chi connectivity index (χ0v) is 8.07. The molecule has 0 unspecified atom stereocenters. The van der Waals surface area contributed by atoms with E-state index in [1.165, 1.54) is 0 Å². The Morgan fingerprint density at radius 3 is 2.93 bits per heavy atom. The molecule has 1 aliphatic carbocycles. The minimum Gasteiger partial charge on any atom is -0.385 e. The molecule has 1 fully saturated rings. The fraction of sp³-hybridized carbons (Fsp3) is 0.364. The second kappa shape index (κ2) is 2.36. The van der Waals surface area contributed by atoms with Gasteiger partial charge in [-0.3, -0.25) is 4.68 Å². The molecule has 0 atom stereocenters. The molecule has 3 rings (SSSR count). The molecule has 1 N–H and O–H groups in total. The summed E-state index contributed by atoms with van der Waals surface area (Å²) in [5.41, 5.74) is 1.60. The first-order chi connectivity index (χ1) is 6.69. The zero-order valence-electron chi connectivity index (χ0n) is 8.07. The van der Waals surface area contributed by atoms with Crippen LogP contribution in [0.15, 0.2) is 24.4 Å². The molecule has 0 amide bonds. The van der Waals surface area contributed by atoms with Gasteiger partial charge in [0.2, 0.25) is 0 Å². The van der Waals surface area contributed by atoms with Crippen molar-refractivity contribution >= 4 is 10.9 Å². The van der Waals surface area contributed by atoms with Gasteiger partial charge in [0.15, 0.2) is 0 Å². The van der Waals surface area contributed by atoms with Gasteiger partial charge in [0.25, 0.3) is 0 Å². The number of aryl methyl sites for hydroxylation is 1. The first kappa shape index (κ1) is 8.00. The van der Waals surface area contributed by atoms with E-state index < -0.39 is 5.60 Å². The lowest BCUT2D eigenvalue weighted by Gasteiger charge is -2.07. The van der Waals surface area contributed by atoms with Crippen molar-refractivity contribution in [2.24, 2.45) is 7.05 Å². The third-order valence-electron chi connectivity index (χ3n) is 3.01. The first-order valence-electron chi connectivity index (χ1n) is 4.84. The molecule has 3 nitrogen and oxygen atoms in total. The molecule has 0 saturated heterocycles. The second-order valence-corrected chi connectivity index (χ2v) is 4.07. The lowest BCUT2D eigenvalue weighted by Crippen LogP contribution is -2.03. The maximum atomic E-state index is 9.94. The highest BCUT2D eigenvalue weighted by molar-refractivity contribution is 5.79. The van der Waals surface area contributed by atoms with Crippen LogP contribution in [-0.2, 0) is 12.6 Å². The fourth-order valence-corrected chi connectivity index (χ4v) is 1.86. The molecule has 2 aromatic rings. The molecule has 1 saturated carbocycles. The number of nitrogens with zero attached hydrogens (tertiary/aromatic N) is 2. The molecule has 3 heteroatoms. The standard InChI is InChI=1S/C11H12N2O/c1-13-10-3-2-9(11(14)4-5-11)6-8(10)7-12-13/h2-3,6-7,14H,4-5H2,1H3.